The van der Waals surface area contributed by atoms with E-state index in [-0.39, 0.29) is 24.8 Å². The molecule has 0 heterocycles. The average molecular weight is 500 g/mol. The highest BCUT2D eigenvalue weighted by Gasteiger charge is 2.22. The van der Waals surface area contributed by atoms with Crippen LogP contribution in [0.2, 0.25) is 0 Å². The highest BCUT2D eigenvalue weighted by molar-refractivity contribution is 5.99. The summed E-state index contributed by atoms with van der Waals surface area (Å²) in [6, 6.07) is 24.7. The Bertz CT molecular complexity index is 1020. The van der Waals surface area contributed by atoms with Crippen molar-refractivity contribution in [2.75, 3.05) is 33.9 Å². The average Bonchev–Trinajstić information content (AvgIpc) is 2.89. The number of hydrogen-bond acceptors (Lipinski definition) is 6. The molecule has 7 heteroatoms. The van der Waals surface area contributed by atoms with Gasteiger partial charge in [-0.05, 0) is 36.2 Å². The lowest BCUT2D eigenvalue weighted by Crippen LogP contribution is -2.35. The molecule has 0 fully saturated rings. The van der Waals surface area contributed by atoms with Crippen LogP contribution in [-0.4, -0.2) is 57.0 Å². The van der Waals surface area contributed by atoms with Gasteiger partial charge in [0.05, 0.1) is 26.9 Å². The predicted octanol–water partition coefficient (Wildman–Crippen LogP) is 4.13. The number of Topliss-reactive ketones (excluding diaryl/α,β-unsaturated/α-hetero) is 1. The summed E-state index contributed by atoms with van der Waals surface area (Å²) >= 11 is 0. The van der Waals surface area contributed by atoms with Crippen LogP contribution in [0.25, 0.3) is 0 Å². The highest BCUT2D eigenvalue weighted by atomic mass is 35.5. The molecule has 0 saturated carbocycles. The van der Waals surface area contributed by atoms with E-state index in [0.717, 1.165) is 17.5 Å². The molecule has 0 aliphatic heterocycles. The standard InChI is InChI=1S/C28H33NO5.ClH/c1-32-25-14-13-22(17-26(25)33-2)15-16-29-19-24(30)20-34-27(18-21-9-5-3-6-10-21)28(31)23-11-7-4-8-12-23;/h3-14,17,24,27,29-30H,15-16,18-20H2,1-2H3;1H. The lowest BCUT2D eigenvalue weighted by molar-refractivity contribution is -0.00161. The molecule has 3 rings (SSSR count). The Kier molecular flexibility index (Phi) is 12.3. The number of benzene rings is 3. The zero-order valence-corrected chi connectivity index (χ0v) is 21.0. The van der Waals surface area contributed by atoms with Crippen LogP contribution in [0.15, 0.2) is 78.9 Å². The van der Waals surface area contributed by atoms with Crippen molar-refractivity contribution in [2.45, 2.75) is 25.0 Å². The van der Waals surface area contributed by atoms with Crippen molar-refractivity contribution in [1.82, 2.24) is 5.32 Å². The Labute approximate surface area is 213 Å². The largest absolute Gasteiger partial charge is 0.493 e. The van der Waals surface area contributed by atoms with E-state index < -0.39 is 12.2 Å². The number of aliphatic hydroxyl groups is 1. The minimum absolute atomic E-state index is 0. The number of carbonyl (C=O) groups excluding carboxylic acids is 1. The summed E-state index contributed by atoms with van der Waals surface area (Å²) in [7, 11) is 3.23. The van der Waals surface area contributed by atoms with Gasteiger partial charge in [-0.1, -0.05) is 66.7 Å². The van der Waals surface area contributed by atoms with Gasteiger partial charge in [0.25, 0.3) is 0 Å². The van der Waals surface area contributed by atoms with Gasteiger partial charge in [0.1, 0.15) is 6.10 Å². The fourth-order valence-corrected chi connectivity index (χ4v) is 3.67. The summed E-state index contributed by atoms with van der Waals surface area (Å²) in [6.07, 6.45) is -0.163. The molecule has 0 saturated heterocycles. The van der Waals surface area contributed by atoms with Crippen molar-refractivity contribution in [3.63, 3.8) is 0 Å². The number of methoxy groups -OCH3 is 2. The summed E-state index contributed by atoms with van der Waals surface area (Å²) in [4.78, 5) is 13.0. The molecule has 0 amide bonds. The van der Waals surface area contributed by atoms with Crippen molar-refractivity contribution in [2.24, 2.45) is 0 Å². The third-order valence-corrected chi connectivity index (χ3v) is 5.52. The van der Waals surface area contributed by atoms with Gasteiger partial charge in [-0.3, -0.25) is 4.79 Å². The molecular weight excluding hydrogens is 466 g/mol. The number of rotatable bonds is 14. The van der Waals surface area contributed by atoms with Crippen LogP contribution in [0.1, 0.15) is 21.5 Å². The van der Waals surface area contributed by atoms with Gasteiger partial charge >= 0.3 is 0 Å². The number of aliphatic hydroxyl groups excluding tert-OH is 1. The van der Waals surface area contributed by atoms with E-state index in [4.69, 9.17) is 14.2 Å². The Morgan fingerprint density at radius 3 is 2.20 bits per heavy atom. The monoisotopic (exact) mass is 499 g/mol. The molecule has 0 aliphatic rings. The maximum atomic E-state index is 13.0. The minimum atomic E-state index is -0.729. The van der Waals surface area contributed by atoms with E-state index in [1.165, 1.54) is 0 Å². The van der Waals surface area contributed by atoms with Crippen LogP contribution in [-0.2, 0) is 17.6 Å². The molecule has 0 aromatic heterocycles. The number of halogens is 1. The van der Waals surface area contributed by atoms with Crippen LogP contribution in [0.4, 0.5) is 0 Å². The Morgan fingerprint density at radius 1 is 0.886 bits per heavy atom. The van der Waals surface area contributed by atoms with Crippen molar-refractivity contribution in [1.29, 1.82) is 0 Å². The zero-order chi connectivity index (χ0) is 24.2. The number of hydrogen-bond donors (Lipinski definition) is 2. The quantitative estimate of drug-likeness (QED) is 0.256. The first-order chi connectivity index (χ1) is 16.6. The smallest absolute Gasteiger partial charge is 0.191 e. The lowest BCUT2D eigenvalue weighted by Gasteiger charge is -2.20. The van der Waals surface area contributed by atoms with Crippen LogP contribution in [0.5, 0.6) is 11.5 Å². The van der Waals surface area contributed by atoms with Crippen LogP contribution in [0.3, 0.4) is 0 Å². The molecular formula is C28H34ClNO5. The first-order valence-corrected chi connectivity index (χ1v) is 11.4. The first-order valence-electron chi connectivity index (χ1n) is 11.4. The van der Waals surface area contributed by atoms with E-state index in [2.05, 4.69) is 5.32 Å². The van der Waals surface area contributed by atoms with Gasteiger partial charge in [-0.2, -0.15) is 0 Å². The van der Waals surface area contributed by atoms with Crippen LogP contribution >= 0.6 is 12.4 Å². The van der Waals surface area contributed by atoms with E-state index in [9.17, 15) is 9.90 Å². The third-order valence-electron chi connectivity index (χ3n) is 5.52. The Morgan fingerprint density at radius 2 is 1.54 bits per heavy atom. The maximum Gasteiger partial charge on any atom is 0.191 e. The van der Waals surface area contributed by atoms with Crippen molar-refractivity contribution >= 4 is 18.2 Å². The van der Waals surface area contributed by atoms with E-state index >= 15 is 0 Å². The first kappa shape index (κ1) is 28.3. The van der Waals surface area contributed by atoms with E-state index in [1.54, 1.807) is 26.4 Å². The van der Waals surface area contributed by atoms with Gasteiger partial charge in [-0.15, -0.1) is 12.4 Å². The molecule has 2 atom stereocenters. The second-order valence-corrected chi connectivity index (χ2v) is 8.04. The molecule has 0 bridgehead atoms. The molecule has 2 unspecified atom stereocenters. The fourth-order valence-electron chi connectivity index (χ4n) is 3.67. The van der Waals surface area contributed by atoms with Crippen molar-refractivity contribution in [3.8, 4) is 11.5 Å². The number of nitrogens with one attached hydrogen (secondary N) is 1. The molecule has 0 spiro atoms. The minimum Gasteiger partial charge on any atom is -0.493 e. The second kappa shape index (κ2) is 15.2. The molecule has 0 aliphatic carbocycles. The summed E-state index contributed by atoms with van der Waals surface area (Å²) in [5.41, 5.74) is 2.72. The van der Waals surface area contributed by atoms with E-state index in [0.29, 0.717) is 36.6 Å². The van der Waals surface area contributed by atoms with Gasteiger partial charge in [-0.25, -0.2) is 0 Å². The summed E-state index contributed by atoms with van der Waals surface area (Å²) in [5.74, 6) is 1.31. The van der Waals surface area contributed by atoms with Crippen molar-refractivity contribution < 1.29 is 24.1 Å². The second-order valence-electron chi connectivity index (χ2n) is 8.04. The SMILES string of the molecule is COc1ccc(CCNCC(O)COC(Cc2ccccc2)C(=O)c2ccccc2)cc1OC.Cl. The molecule has 3 aromatic rings. The molecule has 35 heavy (non-hydrogen) atoms. The normalized spacial score (nSPS) is 12.3. The summed E-state index contributed by atoms with van der Waals surface area (Å²) in [5, 5.41) is 13.7. The van der Waals surface area contributed by atoms with Crippen molar-refractivity contribution in [3.05, 3.63) is 95.6 Å². The number of ether oxygens (including phenoxy) is 3. The number of ketones is 1. The van der Waals surface area contributed by atoms with Gasteiger partial charge in [0, 0.05) is 18.5 Å². The maximum absolute atomic E-state index is 13.0. The van der Waals surface area contributed by atoms with Gasteiger partial charge in [0.2, 0.25) is 0 Å². The molecule has 188 valence electrons. The van der Waals surface area contributed by atoms with E-state index in [1.807, 2.05) is 66.7 Å². The molecule has 0 radical (unpaired) electrons. The van der Waals surface area contributed by atoms with Gasteiger partial charge in [0.15, 0.2) is 17.3 Å². The fraction of sp³-hybridized carbons (Fsp3) is 0.321. The van der Waals surface area contributed by atoms with Gasteiger partial charge < -0.3 is 24.6 Å². The lowest BCUT2D eigenvalue weighted by atomic mass is 10.00. The molecule has 6 nitrogen and oxygen atoms in total. The summed E-state index contributed by atoms with van der Waals surface area (Å²) < 4.78 is 16.5. The molecule has 3 aromatic carbocycles. The number of carbonyl (C=O) groups is 1. The molecule has 2 N–H and O–H groups in total. The van der Waals surface area contributed by atoms with Crippen LogP contribution in [0, 0.1) is 0 Å². The Balaban J connectivity index is 0.00000432. The highest BCUT2D eigenvalue weighted by Crippen LogP contribution is 2.27. The Hall–Kier alpha value is -2.90. The topological polar surface area (TPSA) is 77.0 Å². The summed E-state index contributed by atoms with van der Waals surface area (Å²) in [6.45, 7) is 1.12. The zero-order valence-electron chi connectivity index (χ0n) is 20.2. The van der Waals surface area contributed by atoms with Crippen LogP contribution < -0.4 is 14.8 Å². The third kappa shape index (κ3) is 9.00. The predicted molar refractivity (Wildman–Crippen MR) is 140 cm³/mol.